The average molecular weight is 608 g/mol. The van der Waals surface area contributed by atoms with Gasteiger partial charge in [-0.25, -0.2) is 14.3 Å². The number of aryl methyl sites for hydroxylation is 2. The normalized spacial score (nSPS) is 15.7. The molecule has 2 aromatic heterocycles. The highest BCUT2D eigenvalue weighted by molar-refractivity contribution is 5.73. The van der Waals surface area contributed by atoms with E-state index in [1.54, 1.807) is 0 Å². The van der Waals surface area contributed by atoms with Crippen LogP contribution in [0.25, 0.3) is 5.69 Å². The van der Waals surface area contributed by atoms with E-state index in [0.29, 0.717) is 12.5 Å². The number of nitrogens with two attached hydrogens (primary N) is 1. The van der Waals surface area contributed by atoms with Crippen LogP contribution in [-0.2, 0) is 29.2 Å². The van der Waals surface area contributed by atoms with Crippen LogP contribution in [0.2, 0.25) is 0 Å². The Bertz CT molecular complexity index is 1290. The molecule has 0 bridgehead atoms. The Morgan fingerprint density at radius 3 is 2.19 bits per heavy atom. The number of hydrogen-bond acceptors (Lipinski definition) is 7. The van der Waals surface area contributed by atoms with E-state index in [4.69, 9.17) is 25.5 Å². The van der Waals surface area contributed by atoms with Crippen molar-refractivity contribution in [1.29, 1.82) is 0 Å². The van der Waals surface area contributed by atoms with Crippen molar-refractivity contribution in [2.45, 2.75) is 58.7 Å². The van der Waals surface area contributed by atoms with Gasteiger partial charge in [0.2, 0.25) is 0 Å². The Kier molecular flexibility index (Phi) is 12.0. The first kappa shape index (κ1) is 34.2. The molecular formula is C25H31F6N7O4. The molecule has 11 nitrogen and oxygen atoms in total. The summed E-state index contributed by atoms with van der Waals surface area (Å²) >= 11 is 0. The van der Waals surface area contributed by atoms with Gasteiger partial charge in [0.1, 0.15) is 0 Å². The molecule has 3 aromatic rings. The highest BCUT2D eigenvalue weighted by Crippen LogP contribution is 2.26. The van der Waals surface area contributed by atoms with E-state index in [2.05, 4.69) is 46.3 Å². The molecule has 0 radical (unpaired) electrons. The minimum absolute atomic E-state index is 0.444. The van der Waals surface area contributed by atoms with Crippen molar-refractivity contribution in [2.75, 3.05) is 13.1 Å². The fourth-order valence-electron chi connectivity index (χ4n) is 4.37. The number of likely N-dealkylation sites (tertiary alicyclic amines) is 1. The SMILES string of the molecule is Cc1cc(C)c(-n2cccn2)c(CN2CCCC(Cn3cc(CN)nn3)C2)c1.O=C(O)C(F)(F)F.O=C(O)C(F)(F)F. The van der Waals surface area contributed by atoms with E-state index < -0.39 is 24.3 Å². The summed E-state index contributed by atoms with van der Waals surface area (Å²) in [4.78, 5) is 20.4. The molecule has 0 saturated carbocycles. The first-order chi connectivity index (χ1) is 19.5. The van der Waals surface area contributed by atoms with Crippen molar-refractivity contribution in [3.8, 4) is 5.69 Å². The molecule has 42 heavy (non-hydrogen) atoms. The fourth-order valence-corrected chi connectivity index (χ4v) is 4.37. The second-order valence-electron chi connectivity index (χ2n) is 9.53. The van der Waals surface area contributed by atoms with Gasteiger partial charge in [0, 0.05) is 44.8 Å². The van der Waals surface area contributed by atoms with Gasteiger partial charge in [-0.2, -0.15) is 31.4 Å². The summed E-state index contributed by atoms with van der Waals surface area (Å²) < 4.78 is 67.4. The van der Waals surface area contributed by atoms with E-state index in [-0.39, 0.29) is 0 Å². The lowest BCUT2D eigenvalue weighted by Crippen LogP contribution is -2.37. The Labute approximate surface area is 236 Å². The number of carbonyl (C=O) groups is 2. The van der Waals surface area contributed by atoms with Crippen LogP contribution in [0.4, 0.5) is 26.3 Å². The van der Waals surface area contributed by atoms with Gasteiger partial charge in [0.05, 0.1) is 11.4 Å². The molecule has 232 valence electrons. The number of hydrogen-bond donors (Lipinski definition) is 3. The van der Waals surface area contributed by atoms with E-state index >= 15 is 0 Å². The second kappa shape index (κ2) is 14.8. The molecule has 0 amide bonds. The standard InChI is InChI=1S/C21H29N7.2C2HF3O2/c1-16-9-17(2)21(28-8-4-6-23-28)19(10-16)14-26-7-3-5-18(12-26)13-27-15-20(11-22)24-25-27;2*3-2(4,5)1(6)7/h4,6,8-10,15,18H,3,5,7,11-14,22H2,1-2H3;2*(H,6,7). The molecule has 1 aromatic carbocycles. The van der Waals surface area contributed by atoms with Gasteiger partial charge in [-0.05, 0) is 56.3 Å². The summed E-state index contributed by atoms with van der Waals surface area (Å²) in [6.45, 7) is 8.84. The van der Waals surface area contributed by atoms with Crippen LogP contribution in [0, 0.1) is 19.8 Å². The molecule has 4 rings (SSSR count). The smallest absolute Gasteiger partial charge is 0.475 e. The number of piperidine rings is 1. The van der Waals surface area contributed by atoms with E-state index in [9.17, 15) is 26.3 Å². The number of rotatable bonds is 6. The molecule has 17 heteroatoms. The third-order valence-corrected chi connectivity index (χ3v) is 5.98. The number of halogens is 6. The maximum atomic E-state index is 10.6. The molecule has 4 N–H and O–H groups in total. The molecule has 0 aliphatic carbocycles. The lowest BCUT2D eigenvalue weighted by Gasteiger charge is -2.33. The molecule has 1 unspecified atom stereocenters. The summed E-state index contributed by atoms with van der Waals surface area (Å²) in [7, 11) is 0. The van der Waals surface area contributed by atoms with E-state index in [1.165, 1.54) is 35.2 Å². The summed E-state index contributed by atoms with van der Waals surface area (Å²) in [6, 6.07) is 6.52. The Hall–Kier alpha value is -3.99. The monoisotopic (exact) mass is 607 g/mol. The molecule has 3 heterocycles. The van der Waals surface area contributed by atoms with Gasteiger partial charge >= 0.3 is 24.3 Å². The zero-order valence-corrected chi connectivity index (χ0v) is 22.7. The van der Waals surface area contributed by atoms with E-state index in [1.807, 2.05) is 34.0 Å². The molecule has 1 aliphatic heterocycles. The lowest BCUT2D eigenvalue weighted by atomic mass is 9.96. The zero-order chi connectivity index (χ0) is 31.7. The number of nitrogens with zero attached hydrogens (tertiary/aromatic N) is 6. The summed E-state index contributed by atoms with van der Waals surface area (Å²) in [5.74, 6) is -4.93. The molecule has 1 fully saturated rings. The summed E-state index contributed by atoms with van der Waals surface area (Å²) in [5.41, 5.74) is 11.6. The van der Waals surface area contributed by atoms with Gasteiger partial charge in [0.15, 0.2) is 0 Å². The predicted molar refractivity (Wildman–Crippen MR) is 136 cm³/mol. The van der Waals surface area contributed by atoms with Crippen molar-refractivity contribution in [2.24, 2.45) is 11.7 Å². The topological polar surface area (TPSA) is 152 Å². The third-order valence-electron chi connectivity index (χ3n) is 5.98. The number of aliphatic carboxylic acids is 2. The van der Waals surface area contributed by atoms with Crippen molar-refractivity contribution in [1.82, 2.24) is 29.7 Å². The van der Waals surface area contributed by atoms with E-state index in [0.717, 1.165) is 31.9 Å². The van der Waals surface area contributed by atoms with Crippen LogP contribution in [0.15, 0.2) is 36.8 Å². The molecule has 0 spiro atoms. The highest BCUT2D eigenvalue weighted by Gasteiger charge is 2.38. The highest BCUT2D eigenvalue weighted by atomic mass is 19.4. The third kappa shape index (κ3) is 10.8. The lowest BCUT2D eigenvalue weighted by molar-refractivity contribution is -0.193. The number of benzene rings is 1. The average Bonchev–Trinajstić information content (AvgIpc) is 3.56. The quantitative estimate of drug-likeness (QED) is 0.356. The van der Waals surface area contributed by atoms with Crippen molar-refractivity contribution in [3.05, 3.63) is 59.2 Å². The Morgan fingerprint density at radius 2 is 1.69 bits per heavy atom. The summed E-state index contributed by atoms with van der Waals surface area (Å²) in [6.07, 6.45) is -1.88. The minimum atomic E-state index is -5.08. The molecule has 1 aliphatic rings. The first-order valence-electron chi connectivity index (χ1n) is 12.5. The van der Waals surface area contributed by atoms with Crippen molar-refractivity contribution >= 4 is 11.9 Å². The predicted octanol–water partition coefficient (Wildman–Crippen LogP) is 3.72. The van der Waals surface area contributed by atoms with Crippen LogP contribution in [0.5, 0.6) is 0 Å². The van der Waals surface area contributed by atoms with Crippen LogP contribution < -0.4 is 5.73 Å². The maximum absolute atomic E-state index is 10.6. The zero-order valence-electron chi connectivity index (χ0n) is 22.7. The molecule has 1 atom stereocenters. The van der Waals surface area contributed by atoms with Gasteiger partial charge in [-0.3, -0.25) is 9.58 Å². The van der Waals surface area contributed by atoms with Crippen LogP contribution >= 0.6 is 0 Å². The molecular weight excluding hydrogens is 576 g/mol. The number of carboxylic acids is 2. The minimum Gasteiger partial charge on any atom is -0.475 e. The van der Waals surface area contributed by atoms with Crippen molar-refractivity contribution in [3.63, 3.8) is 0 Å². The fraction of sp³-hybridized carbons (Fsp3) is 0.480. The Morgan fingerprint density at radius 1 is 1.07 bits per heavy atom. The van der Waals surface area contributed by atoms with Gasteiger partial charge in [-0.1, -0.05) is 22.9 Å². The Balaban J connectivity index is 0.000000367. The van der Waals surface area contributed by atoms with Gasteiger partial charge in [-0.15, -0.1) is 5.10 Å². The van der Waals surface area contributed by atoms with Gasteiger partial charge in [0.25, 0.3) is 0 Å². The van der Waals surface area contributed by atoms with Crippen LogP contribution in [0.3, 0.4) is 0 Å². The maximum Gasteiger partial charge on any atom is 0.490 e. The number of aromatic nitrogens is 5. The first-order valence-corrected chi connectivity index (χ1v) is 12.5. The van der Waals surface area contributed by atoms with Crippen molar-refractivity contribution < 1.29 is 46.1 Å². The molecule has 1 saturated heterocycles. The second-order valence-corrected chi connectivity index (χ2v) is 9.53. The van der Waals surface area contributed by atoms with Gasteiger partial charge < -0.3 is 15.9 Å². The largest absolute Gasteiger partial charge is 0.490 e. The number of alkyl halides is 6. The number of carboxylic acid groups (broad SMARTS) is 2. The summed E-state index contributed by atoms with van der Waals surface area (Å²) in [5, 5.41) is 27.1. The van der Waals surface area contributed by atoms with Crippen LogP contribution in [-0.4, -0.2) is 77.3 Å². The van der Waals surface area contributed by atoms with Crippen LogP contribution in [0.1, 0.15) is 35.2 Å².